The van der Waals surface area contributed by atoms with Crippen LogP contribution < -0.4 is 5.32 Å². The van der Waals surface area contributed by atoms with Crippen molar-refractivity contribution >= 4 is 6.09 Å². The van der Waals surface area contributed by atoms with Gasteiger partial charge in [0.25, 0.3) is 0 Å². The van der Waals surface area contributed by atoms with Crippen LogP contribution in [0.25, 0.3) is 0 Å². The van der Waals surface area contributed by atoms with Gasteiger partial charge in [0.1, 0.15) is 5.60 Å². The molecule has 6 heteroatoms. The lowest BCUT2D eigenvalue weighted by Crippen LogP contribution is -2.57. The zero-order valence-electron chi connectivity index (χ0n) is 15.9. The summed E-state index contributed by atoms with van der Waals surface area (Å²) < 4.78 is 11.4. The lowest BCUT2D eigenvalue weighted by molar-refractivity contribution is -0.0358. The van der Waals surface area contributed by atoms with E-state index in [2.05, 4.69) is 29.0 Å². The molecular formula is C17H35N3O3. The molecule has 0 aliphatic carbocycles. The number of hydrogen-bond donors (Lipinski definition) is 1. The van der Waals surface area contributed by atoms with Crippen LogP contribution in [-0.2, 0) is 9.47 Å². The van der Waals surface area contributed by atoms with E-state index >= 15 is 0 Å². The second-order valence-corrected chi connectivity index (χ2v) is 7.84. The summed E-state index contributed by atoms with van der Waals surface area (Å²) in [4.78, 5) is 16.6. The van der Waals surface area contributed by atoms with Crippen molar-refractivity contribution < 1.29 is 14.3 Å². The number of ether oxygens (including phenoxy) is 2. The Labute approximate surface area is 141 Å². The monoisotopic (exact) mass is 329 g/mol. The number of nitrogens with zero attached hydrogens (tertiary/aromatic N) is 2. The van der Waals surface area contributed by atoms with E-state index in [4.69, 9.17) is 9.47 Å². The maximum absolute atomic E-state index is 12.1. The van der Waals surface area contributed by atoms with Crippen LogP contribution in [0.2, 0.25) is 0 Å². The highest BCUT2D eigenvalue weighted by molar-refractivity contribution is 5.68. The zero-order chi connectivity index (χ0) is 17.6. The van der Waals surface area contributed by atoms with Crippen LogP contribution in [0.4, 0.5) is 4.79 Å². The number of carbonyl (C=O) groups excluding carboxylic acids is 1. The molecule has 0 bridgehead atoms. The Hall–Kier alpha value is -0.850. The average molecular weight is 329 g/mol. The Morgan fingerprint density at radius 3 is 2.52 bits per heavy atom. The largest absolute Gasteiger partial charge is 0.444 e. The third-order valence-corrected chi connectivity index (χ3v) is 3.89. The molecule has 1 saturated heterocycles. The smallest absolute Gasteiger partial charge is 0.407 e. The van der Waals surface area contributed by atoms with Gasteiger partial charge in [-0.2, -0.15) is 0 Å². The van der Waals surface area contributed by atoms with E-state index in [1.54, 1.807) is 0 Å². The van der Waals surface area contributed by atoms with E-state index in [1.165, 1.54) is 0 Å². The molecule has 2 unspecified atom stereocenters. The molecular weight excluding hydrogens is 294 g/mol. The summed E-state index contributed by atoms with van der Waals surface area (Å²) in [6, 6.07) is 0.486. The van der Waals surface area contributed by atoms with E-state index < -0.39 is 5.60 Å². The number of likely N-dealkylation sites (tertiary alicyclic amines) is 1. The molecule has 0 spiro atoms. The molecule has 1 aliphatic rings. The molecule has 23 heavy (non-hydrogen) atoms. The van der Waals surface area contributed by atoms with Crippen molar-refractivity contribution in [3.8, 4) is 0 Å². The van der Waals surface area contributed by atoms with Gasteiger partial charge in [0, 0.05) is 25.7 Å². The van der Waals surface area contributed by atoms with Crippen molar-refractivity contribution in [2.24, 2.45) is 0 Å². The first kappa shape index (κ1) is 20.2. The van der Waals surface area contributed by atoms with Crippen molar-refractivity contribution in [1.82, 2.24) is 15.1 Å². The van der Waals surface area contributed by atoms with Crippen LogP contribution in [0.3, 0.4) is 0 Å². The highest BCUT2D eigenvalue weighted by atomic mass is 16.6. The molecule has 6 nitrogen and oxygen atoms in total. The van der Waals surface area contributed by atoms with Crippen LogP contribution >= 0.6 is 0 Å². The molecule has 1 N–H and O–H groups in total. The third kappa shape index (κ3) is 7.99. The maximum Gasteiger partial charge on any atom is 0.407 e. The highest BCUT2D eigenvalue weighted by Crippen LogP contribution is 2.17. The quantitative estimate of drug-likeness (QED) is 0.807. The molecule has 1 aliphatic heterocycles. The molecule has 0 saturated carbocycles. The van der Waals surface area contributed by atoms with Crippen molar-refractivity contribution in [3.63, 3.8) is 0 Å². The van der Waals surface area contributed by atoms with Gasteiger partial charge in [0.05, 0.1) is 18.8 Å². The zero-order valence-corrected chi connectivity index (χ0v) is 15.9. The number of hydrogen-bond acceptors (Lipinski definition) is 5. The Kier molecular flexibility index (Phi) is 7.77. The SMILES string of the molecule is CC(C)N1CCC(NC(=O)OC(C)(C)C)C(OCCN(C)C)C1. The Bertz CT molecular complexity index is 367. The fourth-order valence-electron chi connectivity index (χ4n) is 2.59. The normalized spacial score (nSPS) is 23.3. The average Bonchev–Trinajstić information content (AvgIpc) is 2.37. The van der Waals surface area contributed by atoms with Crippen LogP contribution in [0, 0.1) is 0 Å². The minimum Gasteiger partial charge on any atom is -0.444 e. The summed E-state index contributed by atoms with van der Waals surface area (Å²) in [6.45, 7) is 13.3. The van der Waals surface area contributed by atoms with Crippen LogP contribution in [0.15, 0.2) is 0 Å². The number of carbonyl (C=O) groups is 1. The summed E-state index contributed by atoms with van der Waals surface area (Å²) in [7, 11) is 4.06. The lowest BCUT2D eigenvalue weighted by Gasteiger charge is -2.40. The van der Waals surface area contributed by atoms with Crippen LogP contribution in [-0.4, -0.2) is 80.0 Å². The Morgan fingerprint density at radius 2 is 2.00 bits per heavy atom. The van der Waals surface area contributed by atoms with Gasteiger partial charge in [-0.15, -0.1) is 0 Å². The molecule has 0 aromatic rings. The minimum absolute atomic E-state index is 0.00128. The molecule has 1 fully saturated rings. The fraction of sp³-hybridized carbons (Fsp3) is 0.941. The Morgan fingerprint density at radius 1 is 1.35 bits per heavy atom. The molecule has 0 aromatic heterocycles. The van der Waals surface area contributed by atoms with E-state index in [9.17, 15) is 4.79 Å². The second kappa shape index (κ2) is 8.85. The number of piperidine rings is 1. The second-order valence-electron chi connectivity index (χ2n) is 7.84. The van der Waals surface area contributed by atoms with E-state index in [1.807, 2.05) is 34.9 Å². The van der Waals surface area contributed by atoms with Gasteiger partial charge in [-0.25, -0.2) is 4.79 Å². The van der Waals surface area contributed by atoms with E-state index in [-0.39, 0.29) is 18.2 Å². The predicted octanol–water partition coefficient (Wildman–Crippen LogP) is 1.94. The van der Waals surface area contributed by atoms with Gasteiger partial charge in [0.15, 0.2) is 0 Å². The molecule has 1 heterocycles. The topological polar surface area (TPSA) is 54.0 Å². The predicted molar refractivity (Wildman–Crippen MR) is 92.8 cm³/mol. The summed E-state index contributed by atoms with van der Waals surface area (Å²) in [5.41, 5.74) is -0.482. The summed E-state index contributed by atoms with van der Waals surface area (Å²) in [6.07, 6.45) is 0.518. The molecule has 136 valence electrons. The summed E-state index contributed by atoms with van der Waals surface area (Å²) in [5, 5.41) is 3.00. The van der Waals surface area contributed by atoms with Crippen molar-refractivity contribution in [1.29, 1.82) is 0 Å². The number of likely N-dealkylation sites (N-methyl/N-ethyl adjacent to an activating group) is 1. The maximum atomic E-state index is 12.1. The lowest BCUT2D eigenvalue weighted by atomic mass is 10.0. The molecule has 0 aromatic carbocycles. The van der Waals surface area contributed by atoms with Gasteiger partial charge in [-0.3, -0.25) is 4.90 Å². The van der Waals surface area contributed by atoms with Gasteiger partial charge in [-0.1, -0.05) is 0 Å². The number of amides is 1. The Balaban J connectivity index is 2.60. The van der Waals surface area contributed by atoms with E-state index in [0.717, 1.165) is 26.1 Å². The number of alkyl carbamates (subject to hydrolysis) is 1. The van der Waals surface area contributed by atoms with Crippen molar-refractivity contribution in [2.45, 2.75) is 64.8 Å². The van der Waals surface area contributed by atoms with Gasteiger partial charge < -0.3 is 19.7 Å². The van der Waals surface area contributed by atoms with Gasteiger partial charge in [0.2, 0.25) is 0 Å². The fourth-order valence-corrected chi connectivity index (χ4v) is 2.59. The van der Waals surface area contributed by atoms with Gasteiger partial charge >= 0.3 is 6.09 Å². The molecule has 1 amide bonds. The van der Waals surface area contributed by atoms with Gasteiger partial charge in [-0.05, 0) is 55.1 Å². The molecule has 1 rings (SSSR count). The first-order valence-corrected chi connectivity index (χ1v) is 8.58. The molecule has 0 radical (unpaired) electrons. The minimum atomic E-state index is -0.482. The van der Waals surface area contributed by atoms with Crippen molar-refractivity contribution in [2.75, 3.05) is 40.3 Å². The third-order valence-electron chi connectivity index (χ3n) is 3.89. The number of nitrogens with one attached hydrogen (secondary N) is 1. The highest BCUT2D eigenvalue weighted by Gasteiger charge is 2.33. The number of rotatable bonds is 6. The first-order valence-electron chi connectivity index (χ1n) is 8.58. The molecule has 2 atom stereocenters. The van der Waals surface area contributed by atoms with Crippen molar-refractivity contribution in [3.05, 3.63) is 0 Å². The van der Waals surface area contributed by atoms with Crippen LogP contribution in [0.1, 0.15) is 41.0 Å². The standard InChI is InChI=1S/C17H35N3O3/c1-13(2)20-9-8-14(18-16(21)23-17(3,4)5)15(12-20)22-11-10-19(6)7/h13-15H,8-12H2,1-7H3,(H,18,21). The van der Waals surface area contributed by atoms with Crippen LogP contribution in [0.5, 0.6) is 0 Å². The summed E-state index contributed by atoms with van der Waals surface area (Å²) >= 11 is 0. The summed E-state index contributed by atoms with van der Waals surface area (Å²) in [5.74, 6) is 0. The van der Waals surface area contributed by atoms with E-state index in [0.29, 0.717) is 12.6 Å². The first-order chi connectivity index (χ1) is 10.6.